The van der Waals surface area contributed by atoms with Crippen LogP contribution in [0.25, 0.3) is 0 Å². The maximum Gasteiger partial charge on any atom is 0.251 e. The van der Waals surface area contributed by atoms with Crippen LogP contribution < -0.4 is 10.6 Å². The number of benzene rings is 2. The fourth-order valence-corrected chi connectivity index (χ4v) is 4.11. The highest BCUT2D eigenvalue weighted by Gasteiger charge is 2.39. The Morgan fingerprint density at radius 3 is 2.42 bits per heavy atom. The van der Waals surface area contributed by atoms with Gasteiger partial charge in [0.1, 0.15) is 0 Å². The van der Waals surface area contributed by atoms with Crippen LogP contribution in [0.3, 0.4) is 0 Å². The van der Waals surface area contributed by atoms with E-state index in [1.54, 1.807) is 12.1 Å². The summed E-state index contributed by atoms with van der Waals surface area (Å²) in [5.41, 5.74) is 2.33. The normalized spacial score (nSPS) is 22.5. The number of rotatable bonds is 7. The number of amides is 2. The molecule has 2 fully saturated rings. The number of hydrogen-bond acceptors (Lipinski definition) is 4. The molecule has 1 aliphatic carbocycles. The number of hydrogen-bond donors (Lipinski definition) is 2. The Labute approximate surface area is 184 Å². The molecule has 2 aliphatic rings. The molecule has 2 amide bonds. The summed E-state index contributed by atoms with van der Waals surface area (Å²) in [7, 11) is 2.14. The maximum atomic E-state index is 13.1. The topological polar surface area (TPSA) is 64.7 Å². The van der Waals surface area contributed by atoms with Crippen molar-refractivity contribution in [1.82, 2.24) is 15.1 Å². The predicted molar refractivity (Wildman–Crippen MR) is 123 cm³/mol. The number of carbonyl (C=O) groups excluding carboxylic acids is 2. The van der Waals surface area contributed by atoms with E-state index in [9.17, 15) is 9.59 Å². The Hall–Kier alpha value is -2.70. The first-order valence-electron chi connectivity index (χ1n) is 11.2. The molecule has 0 aromatic heterocycles. The van der Waals surface area contributed by atoms with Gasteiger partial charge in [-0.05, 0) is 43.1 Å². The van der Waals surface area contributed by atoms with Crippen LogP contribution in [0.4, 0.5) is 5.69 Å². The van der Waals surface area contributed by atoms with Gasteiger partial charge in [-0.2, -0.15) is 0 Å². The van der Waals surface area contributed by atoms with E-state index in [4.69, 9.17) is 0 Å². The fourth-order valence-electron chi connectivity index (χ4n) is 4.11. The van der Waals surface area contributed by atoms with Gasteiger partial charge in [-0.1, -0.05) is 43.3 Å². The highest BCUT2D eigenvalue weighted by molar-refractivity contribution is 5.98. The summed E-state index contributed by atoms with van der Waals surface area (Å²) < 4.78 is 0. The molecule has 6 heteroatoms. The lowest BCUT2D eigenvalue weighted by Gasteiger charge is -2.35. The second-order valence-corrected chi connectivity index (χ2v) is 8.93. The molecule has 164 valence electrons. The molecule has 3 unspecified atom stereocenters. The van der Waals surface area contributed by atoms with E-state index < -0.39 is 0 Å². The molecule has 2 aromatic rings. The van der Waals surface area contributed by atoms with E-state index in [1.807, 2.05) is 30.3 Å². The molecule has 0 radical (unpaired) electrons. The number of anilines is 1. The van der Waals surface area contributed by atoms with E-state index in [-0.39, 0.29) is 23.8 Å². The molecular weight excluding hydrogens is 388 g/mol. The Bertz CT molecular complexity index is 909. The average Bonchev–Trinajstić information content (AvgIpc) is 3.52. The van der Waals surface area contributed by atoms with Gasteiger partial charge in [-0.3, -0.25) is 14.5 Å². The lowest BCUT2D eigenvalue weighted by atomic mass is 10.0. The average molecular weight is 421 g/mol. The van der Waals surface area contributed by atoms with E-state index in [2.05, 4.69) is 46.5 Å². The largest absolute Gasteiger partial charge is 0.344 e. The highest BCUT2D eigenvalue weighted by Crippen LogP contribution is 2.38. The van der Waals surface area contributed by atoms with Gasteiger partial charge in [-0.15, -0.1) is 0 Å². The summed E-state index contributed by atoms with van der Waals surface area (Å²) in [4.78, 5) is 30.1. The second kappa shape index (κ2) is 9.62. The first-order valence-corrected chi connectivity index (χ1v) is 11.2. The monoisotopic (exact) mass is 420 g/mol. The quantitative estimate of drug-likeness (QED) is 0.723. The Morgan fingerprint density at radius 1 is 1.03 bits per heavy atom. The van der Waals surface area contributed by atoms with Crippen molar-refractivity contribution in [3.05, 3.63) is 65.7 Å². The van der Waals surface area contributed by atoms with E-state index in [0.29, 0.717) is 17.2 Å². The van der Waals surface area contributed by atoms with E-state index >= 15 is 0 Å². The minimum absolute atomic E-state index is 0.0438. The van der Waals surface area contributed by atoms with Gasteiger partial charge in [0.2, 0.25) is 5.91 Å². The third-order valence-electron chi connectivity index (χ3n) is 6.38. The smallest absolute Gasteiger partial charge is 0.251 e. The lowest BCUT2D eigenvalue weighted by molar-refractivity contribution is -0.117. The van der Waals surface area contributed by atoms with Crippen LogP contribution in [0.5, 0.6) is 0 Å². The molecule has 0 spiro atoms. The van der Waals surface area contributed by atoms with Crippen molar-refractivity contribution in [2.75, 3.05) is 45.1 Å². The molecule has 0 bridgehead atoms. The number of likely N-dealkylation sites (N-methyl/N-ethyl adjacent to an activating group) is 1. The van der Waals surface area contributed by atoms with E-state index in [0.717, 1.165) is 44.7 Å². The summed E-state index contributed by atoms with van der Waals surface area (Å²) in [6, 6.07) is 17.2. The number of piperazine rings is 1. The van der Waals surface area contributed by atoms with Crippen molar-refractivity contribution in [1.29, 1.82) is 0 Å². The summed E-state index contributed by atoms with van der Waals surface area (Å²) in [5.74, 6) is 0.470. The van der Waals surface area contributed by atoms with Crippen LogP contribution in [0.1, 0.15) is 35.3 Å². The molecule has 2 aromatic carbocycles. The lowest BCUT2D eigenvalue weighted by Crippen LogP contribution is -2.47. The fraction of sp³-hybridized carbons (Fsp3) is 0.440. The van der Waals surface area contributed by atoms with E-state index in [1.165, 1.54) is 0 Å². The zero-order valence-electron chi connectivity index (χ0n) is 18.4. The molecule has 31 heavy (non-hydrogen) atoms. The highest BCUT2D eigenvalue weighted by atomic mass is 16.2. The second-order valence-electron chi connectivity index (χ2n) is 8.93. The summed E-state index contributed by atoms with van der Waals surface area (Å²) in [6.07, 6.45) is 0.942. The van der Waals surface area contributed by atoms with Crippen LogP contribution >= 0.6 is 0 Å². The van der Waals surface area contributed by atoms with Gasteiger partial charge >= 0.3 is 0 Å². The first kappa shape index (κ1) is 21.5. The molecule has 2 N–H and O–H groups in total. The van der Waals surface area contributed by atoms with Crippen molar-refractivity contribution in [2.45, 2.75) is 19.4 Å². The third-order valence-corrected chi connectivity index (χ3v) is 6.38. The molecule has 4 rings (SSSR count). The Kier molecular flexibility index (Phi) is 6.68. The van der Waals surface area contributed by atoms with Crippen LogP contribution in [-0.4, -0.2) is 61.4 Å². The first-order chi connectivity index (χ1) is 15.0. The van der Waals surface area contributed by atoms with Gasteiger partial charge < -0.3 is 15.5 Å². The zero-order valence-corrected chi connectivity index (χ0v) is 18.4. The van der Waals surface area contributed by atoms with Gasteiger partial charge in [-0.25, -0.2) is 0 Å². The minimum Gasteiger partial charge on any atom is -0.344 e. The third kappa shape index (κ3) is 5.71. The maximum absolute atomic E-state index is 13.1. The molecule has 1 saturated carbocycles. The van der Waals surface area contributed by atoms with Crippen molar-refractivity contribution >= 4 is 17.5 Å². The van der Waals surface area contributed by atoms with Crippen molar-refractivity contribution < 1.29 is 9.59 Å². The van der Waals surface area contributed by atoms with Crippen molar-refractivity contribution in [3.8, 4) is 0 Å². The molecule has 1 saturated heterocycles. The SMILES string of the molecule is CC1CC1C(=O)Nc1cccc(C(=O)NC(CN2CCN(C)CC2)c2ccccc2)c1. The number of nitrogens with zero attached hydrogens (tertiary/aromatic N) is 2. The van der Waals surface area contributed by atoms with Crippen molar-refractivity contribution in [2.24, 2.45) is 11.8 Å². The Morgan fingerprint density at radius 2 is 1.74 bits per heavy atom. The molecule has 3 atom stereocenters. The van der Waals surface area contributed by atoms with Gasteiger partial charge in [0.15, 0.2) is 0 Å². The van der Waals surface area contributed by atoms with Crippen LogP contribution in [0.2, 0.25) is 0 Å². The molecule has 1 aliphatic heterocycles. The van der Waals surface area contributed by atoms with Crippen LogP contribution in [0.15, 0.2) is 54.6 Å². The summed E-state index contributed by atoms with van der Waals surface area (Å²) >= 11 is 0. The molecule has 1 heterocycles. The zero-order chi connectivity index (χ0) is 21.8. The van der Waals surface area contributed by atoms with Gasteiger partial charge in [0.25, 0.3) is 5.91 Å². The van der Waals surface area contributed by atoms with Crippen LogP contribution in [0, 0.1) is 11.8 Å². The Balaban J connectivity index is 1.44. The van der Waals surface area contributed by atoms with Gasteiger partial charge in [0, 0.05) is 49.9 Å². The number of nitrogens with one attached hydrogen (secondary N) is 2. The summed E-state index contributed by atoms with van der Waals surface area (Å²) in [5, 5.41) is 6.18. The van der Waals surface area contributed by atoms with Crippen LogP contribution in [-0.2, 0) is 4.79 Å². The molecular formula is C25H32N4O2. The summed E-state index contributed by atoms with van der Waals surface area (Å²) in [6.45, 7) is 6.93. The molecule has 6 nitrogen and oxygen atoms in total. The number of carbonyl (C=O) groups is 2. The minimum atomic E-state index is -0.126. The standard InChI is InChI=1S/C25H32N4O2/c1-18-15-22(18)25(31)26-21-10-6-9-20(16-21)24(30)27-23(19-7-4-3-5-8-19)17-29-13-11-28(2)12-14-29/h3-10,16,18,22-23H,11-15,17H2,1-2H3,(H,26,31)(H,27,30). The van der Waals surface area contributed by atoms with Gasteiger partial charge in [0.05, 0.1) is 6.04 Å². The predicted octanol–water partition coefficient (Wildman–Crippen LogP) is 3.00. The van der Waals surface area contributed by atoms with Crippen molar-refractivity contribution in [3.63, 3.8) is 0 Å².